The van der Waals surface area contributed by atoms with Crippen molar-refractivity contribution >= 4 is 11.7 Å². The van der Waals surface area contributed by atoms with E-state index >= 15 is 0 Å². The first-order chi connectivity index (χ1) is 7.72. The molecule has 86 valence electrons. The quantitative estimate of drug-likeness (QED) is 0.748. The number of hydrogen-bond donors (Lipinski definition) is 2. The number of esters is 1. The lowest BCUT2D eigenvalue weighted by Gasteiger charge is -2.14. The lowest BCUT2D eigenvalue weighted by Crippen LogP contribution is -2.33. The van der Waals surface area contributed by atoms with Crippen molar-refractivity contribution < 1.29 is 9.53 Å². The Kier molecular flexibility index (Phi) is 3.10. The van der Waals surface area contributed by atoms with E-state index in [0.717, 1.165) is 12.2 Å². The van der Waals surface area contributed by atoms with Gasteiger partial charge in [0.1, 0.15) is 6.04 Å². The molecule has 0 spiro atoms. The molecule has 0 bridgehead atoms. The minimum absolute atomic E-state index is 0.297. The van der Waals surface area contributed by atoms with Crippen LogP contribution in [0.5, 0.6) is 0 Å². The largest absolute Gasteiger partial charge is 0.468 e. The molecule has 0 aliphatic carbocycles. The third-order valence-electron chi connectivity index (χ3n) is 2.98. The topological polar surface area (TPSA) is 64.3 Å². The molecule has 0 fully saturated rings. The van der Waals surface area contributed by atoms with Gasteiger partial charge in [-0.3, -0.25) is 4.79 Å². The lowest BCUT2D eigenvalue weighted by molar-refractivity contribution is -0.142. The van der Waals surface area contributed by atoms with E-state index in [0.29, 0.717) is 12.3 Å². The van der Waals surface area contributed by atoms with Crippen LogP contribution in [0.25, 0.3) is 0 Å². The Balaban J connectivity index is 2.06. The highest BCUT2D eigenvalue weighted by Gasteiger charge is 2.26. The molecule has 0 unspecified atom stereocenters. The maximum absolute atomic E-state index is 11.2. The van der Waals surface area contributed by atoms with E-state index in [2.05, 4.69) is 16.1 Å². The van der Waals surface area contributed by atoms with Gasteiger partial charge in [-0.25, -0.2) is 0 Å². The van der Waals surface area contributed by atoms with E-state index in [1.807, 2.05) is 18.2 Å². The second-order valence-electron chi connectivity index (χ2n) is 4.03. The normalized spacial score (nSPS) is 19.8. The Morgan fingerprint density at radius 1 is 1.62 bits per heavy atom. The van der Waals surface area contributed by atoms with Gasteiger partial charge in [-0.1, -0.05) is 18.2 Å². The van der Waals surface area contributed by atoms with Gasteiger partial charge in [0.05, 0.1) is 7.11 Å². The second kappa shape index (κ2) is 4.53. The highest BCUT2D eigenvalue weighted by atomic mass is 16.5. The second-order valence-corrected chi connectivity index (χ2v) is 4.03. The van der Waals surface area contributed by atoms with E-state index in [9.17, 15) is 4.79 Å². The van der Waals surface area contributed by atoms with E-state index in [4.69, 9.17) is 5.73 Å². The first-order valence-corrected chi connectivity index (χ1v) is 5.38. The molecule has 16 heavy (non-hydrogen) atoms. The van der Waals surface area contributed by atoms with Gasteiger partial charge >= 0.3 is 5.97 Å². The summed E-state index contributed by atoms with van der Waals surface area (Å²) in [4.78, 5) is 11.2. The molecule has 1 heterocycles. The van der Waals surface area contributed by atoms with Crippen molar-refractivity contribution in [2.75, 3.05) is 19.0 Å². The summed E-state index contributed by atoms with van der Waals surface area (Å²) in [7, 11) is 1.36. The maximum Gasteiger partial charge on any atom is 0.322 e. The van der Waals surface area contributed by atoms with Crippen molar-refractivity contribution in [1.29, 1.82) is 0 Å². The molecule has 0 radical (unpaired) electrons. The number of ether oxygens (including phenoxy) is 1. The average molecular weight is 220 g/mol. The van der Waals surface area contributed by atoms with Crippen molar-refractivity contribution in [2.45, 2.75) is 18.4 Å². The number of para-hydroxylation sites is 1. The molecular formula is C12H16N2O2. The minimum atomic E-state index is -0.539. The fourth-order valence-corrected chi connectivity index (χ4v) is 2.12. The van der Waals surface area contributed by atoms with Gasteiger partial charge in [0, 0.05) is 18.2 Å². The number of carbonyl (C=O) groups excluding carboxylic acids is 1. The molecule has 4 heteroatoms. The smallest absolute Gasteiger partial charge is 0.322 e. The van der Waals surface area contributed by atoms with Crippen LogP contribution in [-0.4, -0.2) is 25.7 Å². The number of nitrogens with two attached hydrogens (primary N) is 1. The minimum Gasteiger partial charge on any atom is -0.468 e. The number of carbonyl (C=O) groups is 1. The SMILES string of the molecule is COC(=O)[C@@H](N)C[C@H]1CNc2ccccc21. The molecule has 1 aromatic carbocycles. The van der Waals surface area contributed by atoms with Crippen LogP contribution in [0, 0.1) is 0 Å². The van der Waals surface area contributed by atoms with E-state index in [1.165, 1.54) is 12.7 Å². The summed E-state index contributed by atoms with van der Waals surface area (Å²) in [5, 5.41) is 3.30. The highest BCUT2D eigenvalue weighted by molar-refractivity contribution is 5.75. The van der Waals surface area contributed by atoms with Gasteiger partial charge in [-0.2, -0.15) is 0 Å². The first kappa shape index (κ1) is 11.0. The van der Waals surface area contributed by atoms with Gasteiger partial charge in [0.15, 0.2) is 0 Å². The van der Waals surface area contributed by atoms with Gasteiger partial charge in [0.25, 0.3) is 0 Å². The standard InChI is InChI=1S/C12H16N2O2/c1-16-12(15)10(13)6-8-7-14-11-5-3-2-4-9(8)11/h2-5,8,10,14H,6-7,13H2,1H3/t8-,10-/m0/s1. The van der Waals surface area contributed by atoms with Gasteiger partial charge in [-0.15, -0.1) is 0 Å². The Bertz CT molecular complexity index is 392. The Morgan fingerprint density at radius 2 is 2.38 bits per heavy atom. The van der Waals surface area contributed by atoms with Crippen LogP contribution in [0.2, 0.25) is 0 Å². The molecule has 4 nitrogen and oxygen atoms in total. The average Bonchev–Trinajstić information content (AvgIpc) is 2.72. The zero-order chi connectivity index (χ0) is 11.5. The number of fused-ring (bicyclic) bond motifs is 1. The molecule has 0 amide bonds. The van der Waals surface area contributed by atoms with Crippen LogP contribution in [0.15, 0.2) is 24.3 Å². The Hall–Kier alpha value is -1.55. The number of nitrogens with one attached hydrogen (secondary N) is 1. The summed E-state index contributed by atoms with van der Waals surface area (Å²) in [6.45, 7) is 0.837. The number of hydrogen-bond acceptors (Lipinski definition) is 4. The third-order valence-corrected chi connectivity index (χ3v) is 2.98. The zero-order valence-electron chi connectivity index (χ0n) is 9.27. The fourth-order valence-electron chi connectivity index (χ4n) is 2.12. The summed E-state index contributed by atoms with van der Waals surface area (Å²) in [6.07, 6.45) is 0.622. The monoisotopic (exact) mass is 220 g/mol. The van der Waals surface area contributed by atoms with Crippen LogP contribution in [0.4, 0.5) is 5.69 Å². The van der Waals surface area contributed by atoms with E-state index in [1.54, 1.807) is 0 Å². The zero-order valence-corrected chi connectivity index (χ0v) is 9.27. The molecule has 0 aromatic heterocycles. The lowest BCUT2D eigenvalue weighted by atomic mass is 9.94. The molecule has 0 saturated heterocycles. The molecule has 3 N–H and O–H groups in total. The number of rotatable bonds is 3. The van der Waals surface area contributed by atoms with Crippen LogP contribution >= 0.6 is 0 Å². The van der Waals surface area contributed by atoms with E-state index in [-0.39, 0.29) is 5.97 Å². The molecule has 0 saturated carbocycles. The number of methoxy groups -OCH3 is 1. The maximum atomic E-state index is 11.2. The van der Waals surface area contributed by atoms with Crippen molar-refractivity contribution in [3.05, 3.63) is 29.8 Å². The summed E-state index contributed by atoms with van der Waals surface area (Å²) in [5.41, 5.74) is 8.14. The van der Waals surface area contributed by atoms with Gasteiger partial charge < -0.3 is 15.8 Å². The highest BCUT2D eigenvalue weighted by Crippen LogP contribution is 2.33. The molecular weight excluding hydrogens is 204 g/mol. The summed E-state index contributed by atoms with van der Waals surface area (Å²) in [5.74, 6) is -0.0466. The van der Waals surface area contributed by atoms with Crippen molar-refractivity contribution in [3.63, 3.8) is 0 Å². The predicted octanol–water partition coefficient (Wildman–Crippen LogP) is 1.09. The van der Waals surface area contributed by atoms with Crippen LogP contribution < -0.4 is 11.1 Å². The Morgan fingerprint density at radius 3 is 3.12 bits per heavy atom. The molecule has 1 aliphatic heterocycles. The van der Waals surface area contributed by atoms with Gasteiger partial charge in [0.2, 0.25) is 0 Å². The Labute approximate surface area is 94.8 Å². The summed E-state index contributed by atoms with van der Waals surface area (Å²) >= 11 is 0. The fraction of sp³-hybridized carbons (Fsp3) is 0.417. The van der Waals surface area contributed by atoms with Crippen molar-refractivity contribution in [1.82, 2.24) is 0 Å². The number of anilines is 1. The van der Waals surface area contributed by atoms with E-state index < -0.39 is 6.04 Å². The van der Waals surface area contributed by atoms with Crippen LogP contribution in [-0.2, 0) is 9.53 Å². The molecule has 1 aromatic rings. The molecule has 2 atom stereocenters. The van der Waals surface area contributed by atoms with Crippen molar-refractivity contribution in [3.8, 4) is 0 Å². The predicted molar refractivity (Wildman–Crippen MR) is 62.3 cm³/mol. The van der Waals surface area contributed by atoms with Crippen LogP contribution in [0.1, 0.15) is 17.9 Å². The molecule has 1 aliphatic rings. The summed E-state index contributed by atoms with van der Waals surface area (Å²) < 4.78 is 4.63. The molecule has 2 rings (SSSR count). The third kappa shape index (κ3) is 2.02. The van der Waals surface area contributed by atoms with Gasteiger partial charge in [-0.05, 0) is 18.1 Å². The first-order valence-electron chi connectivity index (χ1n) is 5.38. The number of benzene rings is 1. The van der Waals surface area contributed by atoms with Crippen LogP contribution in [0.3, 0.4) is 0 Å². The summed E-state index contributed by atoms with van der Waals surface area (Å²) in [6, 6.07) is 7.57. The van der Waals surface area contributed by atoms with Crippen molar-refractivity contribution in [2.24, 2.45) is 5.73 Å².